The number of allylic oxidation sites excluding steroid dienone is 4. The van der Waals surface area contributed by atoms with Crippen LogP contribution in [0.1, 0.15) is 284 Å². The first kappa shape index (κ1) is 57.9. The first-order valence-electron chi connectivity index (χ1n) is 26.3. The highest BCUT2D eigenvalue weighted by molar-refractivity contribution is 5.71. The van der Waals surface area contributed by atoms with Gasteiger partial charge in [-0.25, -0.2) is 0 Å². The summed E-state index contributed by atoms with van der Waals surface area (Å²) in [6.07, 6.45) is 55.8. The van der Waals surface area contributed by atoms with E-state index in [2.05, 4.69) is 45.1 Å². The lowest BCUT2D eigenvalue weighted by molar-refractivity contribution is -0.167. The zero-order valence-electron chi connectivity index (χ0n) is 40.2. The van der Waals surface area contributed by atoms with Crippen LogP contribution in [-0.4, -0.2) is 37.2 Å². The number of carbonyl (C=O) groups is 3. The van der Waals surface area contributed by atoms with Crippen LogP contribution >= 0.6 is 0 Å². The van der Waals surface area contributed by atoms with Crippen molar-refractivity contribution in [3.05, 3.63) is 24.3 Å². The number of unbranched alkanes of at least 4 members (excludes halogenated alkanes) is 33. The summed E-state index contributed by atoms with van der Waals surface area (Å²) < 4.78 is 16.8. The zero-order chi connectivity index (χ0) is 43.7. The molecule has 6 nitrogen and oxygen atoms in total. The molecule has 0 aliphatic rings. The molecular formula is C54H100O6. The molecule has 1 atom stereocenters. The maximum absolute atomic E-state index is 12.8. The number of esters is 3. The van der Waals surface area contributed by atoms with Gasteiger partial charge < -0.3 is 14.2 Å². The van der Waals surface area contributed by atoms with E-state index in [1.807, 2.05) is 0 Å². The molecular weight excluding hydrogens is 745 g/mol. The van der Waals surface area contributed by atoms with Crippen LogP contribution in [0.3, 0.4) is 0 Å². The van der Waals surface area contributed by atoms with Gasteiger partial charge in [0.2, 0.25) is 0 Å². The van der Waals surface area contributed by atoms with Crippen LogP contribution in [0.15, 0.2) is 24.3 Å². The van der Waals surface area contributed by atoms with Crippen molar-refractivity contribution in [2.24, 2.45) is 0 Å². The maximum atomic E-state index is 12.8. The molecule has 0 rings (SSSR count). The fraction of sp³-hybridized carbons (Fsp3) is 0.870. The summed E-state index contributed by atoms with van der Waals surface area (Å²) in [6, 6.07) is 0. The molecule has 1 unspecified atom stereocenters. The van der Waals surface area contributed by atoms with Crippen LogP contribution in [0.5, 0.6) is 0 Å². The average molecular weight is 845 g/mol. The Morgan fingerprint density at radius 2 is 0.600 bits per heavy atom. The van der Waals surface area contributed by atoms with Crippen LogP contribution in [0.2, 0.25) is 0 Å². The van der Waals surface area contributed by atoms with E-state index < -0.39 is 6.10 Å². The Bertz CT molecular complexity index is 973. The second kappa shape index (κ2) is 49.5. The monoisotopic (exact) mass is 845 g/mol. The smallest absolute Gasteiger partial charge is 0.306 e. The Kier molecular flexibility index (Phi) is 47.8. The van der Waals surface area contributed by atoms with Crippen molar-refractivity contribution in [3.63, 3.8) is 0 Å². The van der Waals surface area contributed by atoms with Crippen molar-refractivity contribution in [3.8, 4) is 0 Å². The van der Waals surface area contributed by atoms with E-state index in [-0.39, 0.29) is 31.1 Å². The minimum absolute atomic E-state index is 0.0708. The summed E-state index contributed by atoms with van der Waals surface area (Å²) in [5.41, 5.74) is 0. The lowest BCUT2D eigenvalue weighted by atomic mass is 10.0. The molecule has 0 amide bonds. The lowest BCUT2D eigenvalue weighted by Crippen LogP contribution is -2.30. The van der Waals surface area contributed by atoms with E-state index in [0.29, 0.717) is 19.3 Å². The first-order chi connectivity index (χ1) is 29.5. The highest BCUT2D eigenvalue weighted by Crippen LogP contribution is 2.16. The third-order valence-corrected chi connectivity index (χ3v) is 11.7. The Morgan fingerprint density at radius 3 is 0.933 bits per heavy atom. The molecule has 0 saturated heterocycles. The number of hydrogen-bond donors (Lipinski definition) is 0. The molecule has 0 fully saturated rings. The average Bonchev–Trinajstić information content (AvgIpc) is 3.24. The topological polar surface area (TPSA) is 78.9 Å². The van der Waals surface area contributed by atoms with E-state index >= 15 is 0 Å². The Balaban J connectivity index is 4.35. The Morgan fingerprint density at radius 1 is 0.333 bits per heavy atom. The lowest BCUT2D eigenvalue weighted by Gasteiger charge is -2.18. The predicted octanol–water partition coefficient (Wildman–Crippen LogP) is 17.2. The van der Waals surface area contributed by atoms with Gasteiger partial charge in [-0.1, -0.05) is 238 Å². The van der Waals surface area contributed by atoms with Gasteiger partial charge in [0.1, 0.15) is 13.2 Å². The summed E-state index contributed by atoms with van der Waals surface area (Å²) in [7, 11) is 0. The van der Waals surface area contributed by atoms with Gasteiger partial charge >= 0.3 is 17.9 Å². The van der Waals surface area contributed by atoms with Crippen molar-refractivity contribution in [2.45, 2.75) is 290 Å². The number of rotatable bonds is 48. The second-order valence-corrected chi connectivity index (χ2v) is 17.8. The van der Waals surface area contributed by atoms with E-state index in [0.717, 1.165) is 77.0 Å². The minimum atomic E-state index is -0.770. The molecule has 0 N–H and O–H groups in total. The molecule has 6 heteroatoms. The van der Waals surface area contributed by atoms with Crippen molar-refractivity contribution in [1.82, 2.24) is 0 Å². The molecule has 352 valence electrons. The minimum Gasteiger partial charge on any atom is -0.462 e. The SMILES string of the molecule is CCCCCC/C=C\C/C=C\CCCCCCCC(=O)OCC(COC(=O)CCCCCCCCCCCCCCC)OC(=O)CCCCCCCCCCCCCCC. The molecule has 0 saturated carbocycles. The summed E-state index contributed by atoms with van der Waals surface area (Å²) in [5, 5.41) is 0. The zero-order valence-corrected chi connectivity index (χ0v) is 40.2. The molecule has 0 aromatic rings. The molecule has 0 radical (unpaired) electrons. The van der Waals surface area contributed by atoms with Gasteiger partial charge in [-0.2, -0.15) is 0 Å². The number of carbonyl (C=O) groups excluding carboxylic acids is 3. The molecule has 0 spiro atoms. The van der Waals surface area contributed by atoms with Gasteiger partial charge in [0, 0.05) is 19.3 Å². The maximum Gasteiger partial charge on any atom is 0.306 e. The van der Waals surface area contributed by atoms with Gasteiger partial charge in [0.25, 0.3) is 0 Å². The first-order valence-corrected chi connectivity index (χ1v) is 26.3. The van der Waals surface area contributed by atoms with Gasteiger partial charge in [-0.15, -0.1) is 0 Å². The second-order valence-electron chi connectivity index (χ2n) is 17.8. The summed E-state index contributed by atoms with van der Waals surface area (Å²) in [6.45, 7) is 6.64. The Hall–Kier alpha value is -2.11. The highest BCUT2D eigenvalue weighted by atomic mass is 16.6. The molecule has 0 aromatic heterocycles. The van der Waals surface area contributed by atoms with Crippen molar-refractivity contribution >= 4 is 17.9 Å². The van der Waals surface area contributed by atoms with Crippen LogP contribution < -0.4 is 0 Å². The quantitative estimate of drug-likeness (QED) is 0.0263. The van der Waals surface area contributed by atoms with Gasteiger partial charge in [0.05, 0.1) is 0 Å². The van der Waals surface area contributed by atoms with E-state index in [1.54, 1.807) is 0 Å². The fourth-order valence-electron chi connectivity index (χ4n) is 7.71. The van der Waals surface area contributed by atoms with Crippen LogP contribution in [0.25, 0.3) is 0 Å². The van der Waals surface area contributed by atoms with Gasteiger partial charge in [0.15, 0.2) is 6.10 Å². The summed E-state index contributed by atoms with van der Waals surface area (Å²) in [5.74, 6) is -0.870. The standard InChI is InChI=1S/C54H100O6/c1-4-7-10-13-16-19-22-25-26-27-30-32-35-38-41-44-47-53(56)59-50-51(60-54(57)48-45-42-39-36-33-29-24-21-18-15-12-9-6-3)49-58-52(55)46-43-40-37-34-31-28-23-20-17-14-11-8-5-2/h19,22,26-27,51H,4-18,20-21,23-25,28-50H2,1-3H3/b22-19-,27-26-. The van der Waals surface area contributed by atoms with Gasteiger partial charge in [-0.3, -0.25) is 14.4 Å². The van der Waals surface area contributed by atoms with E-state index in [1.165, 1.54) is 167 Å². The molecule has 0 aliphatic carbocycles. The highest BCUT2D eigenvalue weighted by Gasteiger charge is 2.19. The van der Waals surface area contributed by atoms with Crippen molar-refractivity contribution in [2.75, 3.05) is 13.2 Å². The van der Waals surface area contributed by atoms with E-state index in [9.17, 15) is 14.4 Å². The van der Waals surface area contributed by atoms with Gasteiger partial charge in [-0.05, 0) is 51.4 Å². The normalized spacial score (nSPS) is 12.1. The molecule has 0 aliphatic heterocycles. The molecule has 0 heterocycles. The Labute approximate surface area is 373 Å². The largest absolute Gasteiger partial charge is 0.462 e. The third kappa shape index (κ3) is 46.9. The van der Waals surface area contributed by atoms with E-state index in [4.69, 9.17) is 14.2 Å². The fourth-order valence-corrected chi connectivity index (χ4v) is 7.71. The molecule has 60 heavy (non-hydrogen) atoms. The van der Waals surface area contributed by atoms with Crippen LogP contribution in [0, 0.1) is 0 Å². The summed E-state index contributed by atoms with van der Waals surface area (Å²) in [4.78, 5) is 38.0. The summed E-state index contributed by atoms with van der Waals surface area (Å²) >= 11 is 0. The molecule has 0 aromatic carbocycles. The molecule has 0 bridgehead atoms. The van der Waals surface area contributed by atoms with Crippen LogP contribution in [-0.2, 0) is 28.6 Å². The van der Waals surface area contributed by atoms with Crippen molar-refractivity contribution in [1.29, 1.82) is 0 Å². The van der Waals surface area contributed by atoms with Crippen LogP contribution in [0.4, 0.5) is 0 Å². The number of ether oxygens (including phenoxy) is 3. The van der Waals surface area contributed by atoms with Crippen molar-refractivity contribution < 1.29 is 28.6 Å². The predicted molar refractivity (Wildman–Crippen MR) is 256 cm³/mol. The number of hydrogen-bond acceptors (Lipinski definition) is 6. The third-order valence-electron chi connectivity index (χ3n) is 11.7.